The minimum Gasteiger partial charge on any atom is -0.348 e. The maximum Gasteiger partial charge on any atom is 0.245 e. The van der Waals surface area contributed by atoms with E-state index in [9.17, 15) is 4.79 Å². The maximum absolute atomic E-state index is 13.2. The van der Waals surface area contributed by atoms with Crippen LogP contribution in [0.4, 0.5) is 0 Å². The van der Waals surface area contributed by atoms with Gasteiger partial charge in [0.05, 0.1) is 34.9 Å². The van der Waals surface area contributed by atoms with Gasteiger partial charge in [-0.05, 0) is 38.9 Å². The minimum absolute atomic E-state index is 0.0463. The molecular weight excluding hydrogens is 352 g/mol. The number of carbonyl (C=O) groups excluding carboxylic acids is 1. The number of aromatic amines is 1. The van der Waals surface area contributed by atoms with E-state index in [-0.39, 0.29) is 17.5 Å². The van der Waals surface area contributed by atoms with E-state index in [4.69, 9.17) is 0 Å². The second-order valence-electron chi connectivity index (χ2n) is 8.07. The molecule has 2 aromatic heterocycles. The third-order valence-electron chi connectivity index (χ3n) is 6.75. The first-order chi connectivity index (χ1) is 13.6. The number of nitrogens with one attached hydrogen (secondary N) is 1. The fraction of sp³-hybridized carbons (Fsp3) is 0.476. The Kier molecular flexibility index (Phi) is 4.01. The number of aromatic nitrogens is 4. The third kappa shape index (κ3) is 2.49. The molecule has 1 saturated heterocycles. The van der Waals surface area contributed by atoms with Crippen LogP contribution in [0.3, 0.4) is 0 Å². The van der Waals surface area contributed by atoms with E-state index >= 15 is 0 Å². The lowest BCUT2D eigenvalue weighted by Crippen LogP contribution is -2.56. The zero-order valence-electron chi connectivity index (χ0n) is 16.4. The van der Waals surface area contributed by atoms with Crippen molar-refractivity contribution >= 4 is 16.9 Å². The van der Waals surface area contributed by atoms with Gasteiger partial charge in [0.2, 0.25) is 5.91 Å². The Bertz CT molecular complexity index is 1010. The summed E-state index contributed by atoms with van der Waals surface area (Å²) >= 11 is 0. The summed E-state index contributed by atoms with van der Waals surface area (Å²) in [6, 6.07) is 7.70. The van der Waals surface area contributed by atoms with Crippen LogP contribution < -0.4 is 0 Å². The fourth-order valence-corrected chi connectivity index (χ4v) is 4.97. The SMILES string of the molecule is C[C@@H](C(=O)N1CCC2(CC1)c1nc[nH]c1CCN2C)n1cnc2ccccc21. The smallest absolute Gasteiger partial charge is 0.245 e. The molecule has 1 amide bonds. The van der Waals surface area contributed by atoms with Crippen molar-refractivity contribution in [2.75, 3.05) is 26.7 Å². The van der Waals surface area contributed by atoms with Crippen LogP contribution in [0.5, 0.6) is 0 Å². The van der Waals surface area contributed by atoms with Gasteiger partial charge in [0.1, 0.15) is 6.04 Å². The molecule has 0 radical (unpaired) electrons. The van der Waals surface area contributed by atoms with Crippen molar-refractivity contribution in [1.29, 1.82) is 0 Å². The summed E-state index contributed by atoms with van der Waals surface area (Å²) in [6.07, 6.45) is 6.45. The Morgan fingerprint density at radius 2 is 1.96 bits per heavy atom. The van der Waals surface area contributed by atoms with Crippen molar-refractivity contribution in [2.24, 2.45) is 0 Å². The lowest BCUT2D eigenvalue weighted by atomic mass is 9.79. The Balaban J connectivity index is 1.35. The molecule has 146 valence electrons. The van der Waals surface area contributed by atoms with Gasteiger partial charge in [-0.25, -0.2) is 9.97 Å². The number of benzene rings is 1. The molecule has 1 aromatic carbocycles. The average molecular weight is 378 g/mol. The molecule has 0 saturated carbocycles. The predicted molar refractivity (Wildman–Crippen MR) is 107 cm³/mol. The second-order valence-corrected chi connectivity index (χ2v) is 8.07. The monoisotopic (exact) mass is 378 g/mol. The van der Waals surface area contributed by atoms with Crippen LogP contribution in [0.2, 0.25) is 0 Å². The number of amides is 1. The van der Waals surface area contributed by atoms with Gasteiger partial charge >= 0.3 is 0 Å². The zero-order valence-corrected chi connectivity index (χ0v) is 16.4. The molecule has 1 fully saturated rings. The lowest BCUT2D eigenvalue weighted by molar-refractivity contribution is -0.137. The first-order valence-electron chi connectivity index (χ1n) is 10.0. The van der Waals surface area contributed by atoms with Gasteiger partial charge in [-0.1, -0.05) is 12.1 Å². The lowest BCUT2D eigenvalue weighted by Gasteiger charge is -2.49. The molecular formula is C21H26N6O. The van der Waals surface area contributed by atoms with E-state index < -0.39 is 0 Å². The Morgan fingerprint density at radius 1 is 1.18 bits per heavy atom. The number of fused-ring (bicyclic) bond motifs is 3. The van der Waals surface area contributed by atoms with Crippen molar-refractivity contribution in [3.05, 3.63) is 48.3 Å². The van der Waals surface area contributed by atoms with Crippen LogP contribution in [0.25, 0.3) is 11.0 Å². The Morgan fingerprint density at radius 3 is 2.79 bits per heavy atom. The number of nitrogens with zero attached hydrogens (tertiary/aromatic N) is 5. The van der Waals surface area contributed by atoms with Gasteiger partial charge in [0.15, 0.2) is 0 Å². The number of imidazole rings is 2. The summed E-state index contributed by atoms with van der Waals surface area (Å²) in [5.41, 5.74) is 4.33. The summed E-state index contributed by atoms with van der Waals surface area (Å²) in [6.45, 7) is 4.51. The number of likely N-dealkylation sites (tertiary alicyclic amines) is 1. The summed E-state index contributed by atoms with van der Waals surface area (Å²) < 4.78 is 1.99. The topological polar surface area (TPSA) is 70.1 Å². The molecule has 7 heteroatoms. The van der Waals surface area contributed by atoms with Crippen LogP contribution in [0.1, 0.15) is 37.2 Å². The number of H-pyrrole nitrogens is 1. The van der Waals surface area contributed by atoms with Crippen LogP contribution in [0.15, 0.2) is 36.9 Å². The molecule has 2 aliphatic rings. The van der Waals surface area contributed by atoms with Crippen LogP contribution in [-0.2, 0) is 16.8 Å². The fourth-order valence-electron chi connectivity index (χ4n) is 4.97. The van der Waals surface area contributed by atoms with Gasteiger partial charge in [0, 0.05) is 31.7 Å². The van der Waals surface area contributed by atoms with Crippen molar-refractivity contribution in [3.8, 4) is 0 Å². The zero-order chi connectivity index (χ0) is 19.3. The predicted octanol–water partition coefficient (Wildman–Crippen LogP) is 2.33. The molecule has 0 bridgehead atoms. The highest BCUT2D eigenvalue weighted by molar-refractivity contribution is 5.83. The number of hydrogen-bond donors (Lipinski definition) is 1. The molecule has 0 unspecified atom stereocenters. The molecule has 1 spiro atoms. The van der Waals surface area contributed by atoms with Crippen molar-refractivity contribution in [3.63, 3.8) is 0 Å². The number of piperidine rings is 1. The summed E-state index contributed by atoms with van der Waals surface area (Å²) in [5.74, 6) is 0.165. The van der Waals surface area contributed by atoms with E-state index in [0.717, 1.165) is 49.9 Å². The molecule has 0 aliphatic carbocycles. The molecule has 1 atom stereocenters. The van der Waals surface area contributed by atoms with E-state index in [1.807, 2.05) is 47.0 Å². The highest BCUT2D eigenvalue weighted by Gasteiger charge is 2.46. The normalized spacial score (nSPS) is 20.4. The van der Waals surface area contributed by atoms with E-state index in [2.05, 4.69) is 26.9 Å². The van der Waals surface area contributed by atoms with Crippen molar-refractivity contribution in [1.82, 2.24) is 29.3 Å². The van der Waals surface area contributed by atoms with E-state index in [1.165, 1.54) is 11.4 Å². The summed E-state index contributed by atoms with van der Waals surface area (Å²) in [7, 11) is 2.19. The van der Waals surface area contributed by atoms with Crippen LogP contribution in [0, 0.1) is 0 Å². The quantitative estimate of drug-likeness (QED) is 0.743. The minimum atomic E-state index is -0.258. The van der Waals surface area contributed by atoms with E-state index in [1.54, 1.807) is 6.33 Å². The number of carbonyl (C=O) groups is 1. The summed E-state index contributed by atoms with van der Waals surface area (Å²) in [5, 5.41) is 0. The molecule has 28 heavy (non-hydrogen) atoms. The van der Waals surface area contributed by atoms with E-state index in [0.29, 0.717) is 0 Å². The Hall–Kier alpha value is -2.67. The molecule has 7 nitrogen and oxygen atoms in total. The average Bonchev–Trinajstić information content (AvgIpc) is 3.38. The highest BCUT2D eigenvalue weighted by atomic mass is 16.2. The first-order valence-corrected chi connectivity index (χ1v) is 10.0. The maximum atomic E-state index is 13.2. The van der Waals surface area contributed by atoms with Gasteiger partial charge in [-0.15, -0.1) is 0 Å². The second kappa shape index (κ2) is 6.44. The highest BCUT2D eigenvalue weighted by Crippen LogP contribution is 2.41. The molecule has 2 aliphatic heterocycles. The van der Waals surface area contributed by atoms with Gasteiger partial charge in [-0.3, -0.25) is 9.69 Å². The van der Waals surface area contributed by atoms with Crippen molar-refractivity contribution < 1.29 is 4.79 Å². The first kappa shape index (κ1) is 17.4. The standard InChI is InChI=1S/C21H26N6O/c1-15(27-14-24-16-5-3-4-6-18(16)27)20(28)26-11-8-21(9-12-26)19-17(22-13-23-19)7-10-25(21)2/h3-6,13-15H,7-12H2,1-2H3,(H,22,23)/t15-/m0/s1. The number of para-hydroxylation sites is 2. The van der Waals surface area contributed by atoms with Crippen LogP contribution >= 0.6 is 0 Å². The molecule has 3 aromatic rings. The number of hydrogen-bond acceptors (Lipinski definition) is 4. The van der Waals surface area contributed by atoms with Gasteiger partial charge in [-0.2, -0.15) is 0 Å². The Labute approximate surface area is 164 Å². The molecule has 1 N–H and O–H groups in total. The molecule has 4 heterocycles. The third-order valence-corrected chi connectivity index (χ3v) is 6.75. The van der Waals surface area contributed by atoms with Gasteiger partial charge in [0.25, 0.3) is 0 Å². The van der Waals surface area contributed by atoms with Crippen LogP contribution in [-0.4, -0.2) is 61.9 Å². The number of likely N-dealkylation sites (N-methyl/N-ethyl adjacent to an activating group) is 1. The van der Waals surface area contributed by atoms with Crippen molar-refractivity contribution in [2.45, 2.75) is 37.8 Å². The summed E-state index contributed by atoms with van der Waals surface area (Å²) in [4.78, 5) is 30.1. The molecule has 5 rings (SSSR count). The number of rotatable bonds is 2. The van der Waals surface area contributed by atoms with Gasteiger partial charge < -0.3 is 14.5 Å². The largest absolute Gasteiger partial charge is 0.348 e.